The summed E-state index contributed by atoms with van der Waals surface area (Å²) >= 11 is 3.33. The van der Waals surface area contributed by atoms with Gasteiger partial charge in [-0.05, 0) is 31.2 Å². The number of hydrogen-bond acceptors (Lipinski definition) is 3. The first-order valence-corrected chi connectivity index (χ1v) is 7.10. The average molecular weight is 350 g/mol. The lowest BCUT2D eigenvalue weighted by Crippen LogP contribution is -2.03. The molecule has 3 nitrogen and oxygen atoms in total. The van der Waals surface area contributed by atoms with Crippen molar-refractivity contribution in [3.63, 3.8) is 0 Å². The lowest BCUT2D eigenvalue weighted by molar-refractivity contribution is 0.189. The van der Waals surface area contributed by atoms with Crippen LogP contribution in [0.4, 0.5) is 4.39 Å². The highest BCUT2D eigenvalue weighted by molar-refractivity contribution is 9.10. The van der Waals surface area contributed by atoms with Gasteiger partial charge in [-0.1, -0.05) is 28.1 Å². The second-order valence-corrected chi connectivity index (χ2v) is 5.45. The number of rotatable bonds is 4. The average Bonchev–Trinajstić information content (AvgIpc) is 2.47. The van der Waals surface area contributed by atoms with Gasteiger partial charge in [-0.15, -0.1) is 0 Å². The lowest BCUT2D eigenvalue weighted by Gasteiger charge is -2.14. The van der Waals surface area contributed by atoms with E-state index < -0.39 is 11.9 Å². The molecule has 1 N–H and O–H groups in total. The van der Waals surface area contributed by atoms with Crippen molar-refractivity contribution in [1.29, 1.82) is 5.26 Å². The molecule has 21 heavy (non-hydrogen) atoms. The fraction of sp³-hybridized carbons (Fsp3) is 0.188. The minimum atomic E-state index is -0.701. The number of benzene rings is 2. The van der Waals surface area contributed by atoms with Gasteiger partial charge in [0.1, 0.15) is 24.2 Å². The highest BCUT2D eigenvalue weighted by Crippen LogP contribution is 2.29. The van der Waals surface area contributed by atoms with E-state index in [4.69, 9.17) is 10.00 Å². The molecule has 2 aromatic rings. The van der Waals surface area contributed by atoms with E-state index in [0.29, 0.717) is 16.9 Å². The number of nitriles is 1. The molecule has 0 radical (unpaired) electrons. The van der Waals surface area contributed by atoms with Crippen LogP contribution in [-0.2, 0) is 6.61 Å². The third-order valence-electron chi connectivity index (χ3n) is 3.00. The fourth-order valence-electron chi connectivity index (χ4n) is 1.91. The van der Waals surface area contributed by atoms with E-state index in [1.807, 2.05) is 0 Å². The standard InChI is InChI=1S/C16H13BrFNO2/c1-10(20)14-7-13(17)5-6-15(14)21-9-12-4-2-3-11(8-19)16(12)18/h2-7,10,20H,9H2,1H3. The predicted octanol–water partition coefficient (Wildman–Crippen LogP) is 4.09. The molecule has 1 atom stereocenters. The highest BCUT2D eigenvalue weighted by Gasteiger charge is 2.12. The smallest absolute Gasteiger partial charge is 0.147 e. The van der Waals surface area contributed by atoms with E-state index in [1.54, 1.807) is 43.3 Å². The maximum Gasteiger partial charge on any atom is 0.147 e. The molecule has 2 aromatic carbocycles. The van der Waals surface area contributed by atoms with Gasteiger partial charge in [-0.3, -0.25) is 0 Å². The Labute approximate surface area is 130 Å². The summed E-state index contributed by atoms with van der Waals surface area (Å²) in [6, 6.07) is 11.6. The normalized spacial score (nSPS) is 11.8. The molecule has 0 spiro atoms. The monoisotopic (exact) mass is 349 g/mol. The van der Waals surface area contributed by atoms with E-state index in [2.05, 4.69) is 15.9 Å². The Morgan fingerprint density at radius 3 is 2.81 bits per heavy atom. The van der Waals surface area contributed by atoms with E-state index in [0.717, 1.165) is 4.47 Å². The van der Waals surface area contributed by atoms with Crippen molar-refractivity contribution in [2.75, 3.05) is 0 Å². The Kier molecular flexibility index (Phi) is 4.94. The van der Waals surface area contributed by atoms with Crippen molar-refractivity contribution in [2.45, 2.75) is 19.6 Å². The predicted molar refractivity (Wildman–Crippen MR) is 80.2 cm³/mol. The molecule has 0 aromatic heterocycles. The maximum absolute atomic E-state index is 13.9. The van der Waals surface area contributed by atoms with Crippen LogP contribution >= 0.6 is 15.9 Å². The number of halogens is 2. The molecular formula is C16H13BrFNO2. The summed E-state index contributed by atoms with van der Waals surface area (Å²) in [5.41, 5.74) is 0.900. The number of aliphatic hydroxyl groups excluding tert-OH is 1. The van der Waals surface area contributed by atoms with Crippen LogP contribution in [0.5, 0.6) is 5.75 Å². The lowest BCUT2D eigenvalue weighted by atomic mass is 10.1. The van der Waals surface area contributed by atoms with Crippen LogP contribution in [-0.4, -0.2) is 5.11 Å². The molecule has 0 aliphatic carbocycles. The van der Waals surface area contributed by atoms with Gasteiger partial charge in [0, 0.05) is 15.6 Å². The molecule has 0 fully saturated rings. The van der Waals surface area contributed by atoms with Crippen LogP contribution in [0.3, 0.4) is 0 Å². The third kappa shape index (κ3) is 3.60. The maximum atomic E-state index is 13.9. The molecule has 0 amide bonds. The summed E-state index contributed by atoms with van der Waals surface area (Å²) in [6.45, 7) is 1.62. The highest BCUT2D eigenvalue weighted by atomic mass is 79.9. The first-order valence-electron chi connectivity index (χ1n) is 6.30. The topological polar surface area (TPSA) is 53.2 Å². The van der Waals surface area contributed by atoms with Crippen molar-refractivity contribution < 1.29 is 14.2 Å². The van der Waals surface area contributed by atoms with Crippen LogP contribution in [0, 0.1) is 17.1 Å². The van der Waals surface area contributed by atoms with Gasteiger partial charge in [-0.2, -0.15) is 5.26 Å². The molecular weight excluding hydrogens is 337 g/mol. The summed E-state index contributed by atoms with van der Waals surface area (Å²) in [6.07, 6.45) is -0.701. The minimum Gasteiger partial charge on any atom is -0.488 e. The number of ether oxygens (including phenoxy) is 1. The van der Waals surface area contributed by atoms with Gasteiger partial charge in [0.05, 0.1) is 11.7 Å². The molecule has 0 saturated heterocycles. The van der Waals surface area contributed by atoms with E-state index in [9.17, 15) is 9.50 Å². The van der Waals surface area contributed by atoms with Crippen LogP contribution < -0.4 is 4.74 Å². The Hall–Kier alpha value is -1.90. The molecule has 2 rings (SSSR count). The summed E-state index contributed by atoms with van der Waals surface area (Å²) in [4.78, 5) is 0. The van der Waals surface area contributed by atoms with Crippen molar-refractivity contribution in [3.05, 3.63) is 63.4 Å². The van der Waals surface area contributed by atoms with Crippen molar-refractivity contribution in [2.24, 2.45) is 0 Å². The van der Waals surface area contributed by atoms with E-state index in [-0.39, 0.29) is 12.2 Å². The Morgan fingerprint density at radius 1 is 1.38 bits per heavy atom. The summed E-state index contributed by atoms with van der Waals surface area (Å²) in [5.74, 6) is -0.0920. The number of hydrogen-bond donors (Lipinski definition) is 1. The second kappa shape index (κ2) is 6.70. The zero-order chi connectivity index (χ0) is 15.4. The molecule has 0 aliphatic heterocycles. The summed E-state index contributed by atoms with van der Waals surface area (Å²) < 4.78 is 20.4. The zero-order valence-corrected chi connectivity index (χ0v) is 12.9. The SMILES string of the molecule is CC(O)c1cc(Br)ccc1OCc1cccc(C#N)c1F. The van der Waals surface area contributed by atoms with E-state index in [1.165, 1.54) is 6.07 Å². The fourth-order valence-corrected chi connectivity index (χ4v) is 2.29. The van der Waals surface area contributed by atoms with Crippen LogP contribution in [0.1, 0.15) is 29.7 Å². The number of aliphatic hydroxyl groups is 1. The van der Waals surface area contributed by atoms with Gasteiger partial charge in [0.2, 0.25) is 0 Å². The summed E-state index contributed by atoms with van der Waals surface area (Å²) in [7, 11) is 0. The number of nitrogens with zero attached hydrogens (tertiary/aromatic N) is 1. The minimum absolute atomic E-state index is 0.0112. The molecule has 5 heteroatoms. The molecule has 108 valence electrons. The summed E-state index contributed by atoms with van der Waals surface area (Å²) in [5, 5.41) is 18.6. The van der Waals surface area contributed by atoms with E-state index >= 15 is 0 Å². The van der Waals surface area contributed by atoms with Gasteiger partial charge in [0.15, 0.2) is 0 Å². The Morgan fingerprint density at radius 2 is 2.14 bits per heavy atom. The first kappa shape index (κ1) is 15.5. The van der Waals surface area contributed by atoms with Gasteiger partial charge >= 0.3 is 0 Å². The van der Waals surface area contributed by atoms with Gasteiger partial charge in [-0.25, -0.2) is 4.39 Å². The Balaban J connectivity index is 2.23. The van der Waals surface area contributed by atoms with Gasteiger partial charge < -0.3 is 9.84 Å². The Bertz CT molecular complexity index is 695. The molecule has 0 bridgehead atoms. The molecule has 0 aliphatic rings. The largest absolute Gasteiger partial charge is 0.488 e. The molecule has 0 heterocycles. The third-order valence-corrected chi connectivity index (χ3v) is 3.50. The zero-order valence-electron chi connectivity index (χ0n) is 11.3. The molecule has 1 unspecified atom stereocenters. The molecule has 0 saturated carbocycles. The van der Waals surface area contributed by atoms with Gasteiger partial charge in [0.25, 0.3) is 0 Å². The van der Waals surface area contributed by atoms with Crippen LogP contribution in [0.15, 0.2) is 40.9 Å². The van der Waals surface area contributed by atoms with Crippen LogP contribution in [0.25, 0.3) is 0 Å². The van der Waals surface area contributed by atoms with Crippen molar-refractivity contribution >= 4 is 15.9 Å². The second-order valence-electron chi connectivity index (χ2n) is 4.54. The van der Waals surface area contributed by atoms with Crippen molar-refractivity contribution in [1.82, 2.24) is 0 Å². The van der Waals surface area contributed by atoms with Crippen LogP contribution in [0.2, 0.25) is 0 Å². The van der Waals surface area contributed by atoms with Crippen molar-refractivity contribution in [3.8, 4) is 11.8 Å². The first-order chi connectivity index (χ1) is 10.0. The quantitative estimate of drug-likeness (QED) is 0.904.